The van der Waals surface area contributed by atoms with Crippen molar-refractivity contribution in [2.45, 2.75) is 32.2 Å². The van der Waals surface area contributed by atoms with Gasteiger partial charge >= 0.3 is 0 Å². The van der Waals surface area contributed by atoms with Crippen LogP contribution in [0.5, 0.6) is 0 Å². The highest BCUT2D eigenvalue weighted by Gasteiger charge is 2.25. The van der Waals surface area contributed by atoms with E-state index in [4.69, 9.17) is 0 Å². The van der Waals surface area contributed by atoms with Crippen LogP contribution in [0, 0.1) is 0 Å². The quantitative estimate of drug-likeness (QED) is 0.859. The predicted octanol–water partition coefficient (Wildman–Crippen LogP) is 1.78. The number of amides is 1. The molecule has 2 rings (SSSR count). The van der Waals surface area contributed by atoms with E-state index in [9.17, 15) is 4.79 Å². The molecule has 3 heteroatoms. The van der Waals surface area contributed by atoms with Gasteiger partial charge in [-0.3, -0.25) is 4.79 Å². The van der Waals surface area contributed by atoms with Crippen molar-refractivity contribution < 1.29 is 4.79 Å². The van der Waals surface area contributed by atoms with Gasteiger partial charge in [0.25, 0.3) is 0 Å². The molecule has 1 amide bonds. The zero-order chi connectivity index (χ0) is 13.1. The Morgan fingerprint density at radius 1 is 1.44 bits per heavy atom. The molecule has 3 nitrogen and oxygen atoms in total. The first-order valence-corrected chi connectivity index (χ1v) is 6.63. The molecule has 0 fully saturated rings. The van der Waals surface area contributed by atoms with Crippen LogP contribution in [0.1, 0.15) is 30.9 Å². The molecule has 0 saturated heterocycles. The zero-order valence-electron chi connectivity index (χ0n) is 11.4. The third-order valence-corrected chi connectivity index (χ3v) is 3.80. The van der Waals surface area contributed by atoms with Crippen LogP contribution in [0.4, 0.5) is 0 Å². The summed E-state index contributed by atoms with van der Waals surface area (Å²) >= 11 is 0. The van der Waals surface area contributed by atoms with Crippen LogP contribution in [0.2, 0.25) is 0 Å². The molecule has 1 aromatic carbocycles. The number of likely N-dealkylation sites (N-methyl/N-ethyl adjacent to an activating group) is 1. The lowest BCUT2D eigenvalue weighted by Crippen LogP contribution is -2.41. The molecule has 0 spiro atoms. The van der Waals surface area contributed by atoms with Crippen LogP contribution in [-0.2, 0) is 11.2 Å². The SMILES string of the molecule is CC(C)N(C)C(=O)CNCC1Cc2ccccc21. The Labute approximate surface area is 109 Å². The minimum Gasteiger partial charge on any atom is -0.342 e. The van der Waals surface area contributed by atoms with E-state index in [-0.39, 0.29) is 11.9 Å². The number of carbonyl (C=O) groups excluding carboxylic acids is 1. The molecule has 0 bridgehead atoms. The van der Waals surface area contributed by atoms with Crippen molar-refractivity contribution in [3.05, 3.63) is 35.4 Å². The van der Waals surface area contributed by atoms with E-state index in [1.807, 2.05) is 20.9 Å². The van der Waals surface area contributed by atoms with Gasteiger partial charge in [-0.1, -0.05) is 24.3 Å². The number of nitrogens with one attached hydrogen (secondary N) is 1. The van der Waals surface area contributed by atoms with Gasteiger partial charge in [0.05, 0.1) is 6.54 Å². The normalized spacial score (nSPS) is 17.2. The molecule has 18 heavy (non-hydrogen) atoms. The first-order valence-electron chi connectivity index (χ1n) is 6.63. The smallest absolute Gasteiger partial charge is 0.236 e. The Bertz CT molecular complexity index is 428. The summed E-state index contributed by atoms with van der Waals surface area (Å²) in [5, 5.41) is 3.27. The molecule has 0 aliphatic heterocycles. The molecule has 1 N–H and O–H groups in total. The number of rotatable bonds is 5. The molecule has 0 heterocycles. The second-order valence-corrected chi connectivity index (χ2v) is 5.33. The maximum absolute atomic E-state index is 11.8. The van der Waals surface area contributed by atoms with Crippen LogP contribution < -0.4 is 5.32 Å². The standard InChI is InChI=1S/C15H22N2O/c1-11(2)17(3)15(18)10-16-9-13-8-12-6-4-5-7-14(12)13/h4-7,11,13,16H,8-10H2,1-3H3. The molecule has 1 aromatic rings. The van der Waals surface area contributed by atoms with Crippen molar-refractivity contribution in [2.24, 2.45) is 0 Å². The van der Waals surface area contributed by atoms with Gasteiger partial charge in [0.15, 0.2) is 0 Å². The van der Waals surface area contributed by atoms with Crippen LogP contribution in [0.25, 0.3) is 0 Å². The van der Waals surface area contributed by atoms with Gasteiger partial charge in [-0.15, -0.1) is 0 Å². The highest BCUT2D eigenvalue weighted by molar-refractivity contribution is 5.78. The van der Waals surface area contributed by atoms with E-state index in [2.05, 4.69) is 29.6 Å². The second kappa shape index (κ2) is 5.53. The number of fused-ring (bicyclic) bond motifs is 1. The molecule has 0 saturated carbocycles. The molecular formula is C15H22N2O. The Hall–Kier alpha value is -1.35. The van der Waals surface area contributed by atoms with Crippen molar-refractivity contribution in [2.75, 3.05) is 20.1 Å². The van der Waals surface area contributed by atoms with Gasteiger partial charge in [-0.25, -0.2) is 0 Å². The van der Waals surface area contributed by atoms with E-state index < -0.39 is 0 Å². The van der Waals surface area contributed by atoms with Crippen molar-refractivity contribution in [1.29, 1.82) is 0 Å². The van der Waals surface area contributed by atoms with Crippen LogP contribution in [0.3, 0.4) is 0 Å². The lowest BCUT2D eigenvalue weighted by Gasteiger charge is -2.30. The molecule has 1 unspecified atom stereocenters. The van der Waals surface area contributed by atoms with Gasteiger partial charge in [0, 0.05) is 25.6 Å². The summed E-state index contributed by atoms with van der Waals surface area (Å²) in [6.45, 7) is 5.39. The van der Waals surface area contributed by atoms with Gasteiger partial charge in [-0.05, 0) is 31.4 Å². The third kappa shape index (κ3) is 2.72. The van der Waals surface area contributed by atoms with Gasteiger partial charge < -0.3 is 10.2 Å². The maximum Gasteiger partial charge on any atom is 0.236 e. The summed E-state index contributed by atoms with van der Waals surface area (Å²) in [7, 11) is 1.85. The highest BCUT2D eigenvalue weighted by Crippen LogP contribution is 2.33. The maximum atomic E-state index is 11.8. The van der Waals surface area contributed by atoms with E-state index >= 15 is 0 Å². The second-order valence-electron chi connectivity index (χ2n) is 5.33. The lowest BCUT2D eigenvalue weighted by atomic mass is 9.77. The Kier molecular flexibility index (Phi) is 4.02. The first kappa shape index (κ1) is 13.1. The fraction of sp³-hybridized carbons (Fsp3) is 0.533. The average molecular weight is 246 g/mol. The summed E-state index contributed by atoms with van der Waals surface area (Å²) in [5.41, 5.74) is 2.89. The van der Waals surface area contributed by atoms with Crippen molar-refractivity contribution in [3.8, 4) is 0 Å². The van der Waals surface area contributed by atoms with Crippen LogP contribution in [-0.4, -0.2) is 37.0 Å². The van der Waals surface area contributed by atoms with Crippen molar-refractivity contribution >= 4 is 5.91 Å². The number of nitrogens with zero attached hydrogens (tertiary/aromatic N) is 1. The molecule has 98 valence electrons. The van der Waals surface area contributed by atoms with E-state index in [1.165, 1.54) is 11.1 Å². The molecular weight excluding hydrogens is 224 g/mol. The molecule has 1 aliphatic rings. The van der Waals surface area contributed by atoms with E-state index in [1.54, 1.807) is 4.90 Å². The number of hydrogen-bond donors (Lipinski definition) is 1. The van der Waals surface area contributed by atoms with Gasteiger partial charge in [0.2, 0.25) is 5.91 Å². The third-order valence-electron chi connectivity index (χ3n) is 3.80. The Balaban J connectivity index is 1.73. The number of carbonyl (C=O) groups is 1. The average Bonchev–Trinajstić information content (AvgIpc) is 2.33. The minimum atomic E-state index is 0.164. The summed E-state index contributed by atoms with van der Waals surface area (Å²) in [4.78, 5) is 13.6. The fourth-order valence-corrected chi connectivity index (χ4v) is 2.31. The fourth-order valence-electron chi connectivity index (χ4n) is 2.31. The molecule has 0 radical (unpaired) electrons. The van der Waals surface area contributed by atoms with Crippen molar-refractivity contribution in [1.82, 2.24) is 10.2 Å². The molecule has 1 atom stereocenters. The van der Waals surface area contributed by atoms with Crippen LogP contribution >= 0.6 is 0 Å². The van der Waals surface area contributed by atoms with E-state index in [0.717, 1.165) is 13.0 Å². The summed E-state index contributed by atoms with van der Waals surface area (Å²) < 4.78 is 0. The van der Waals surface area contributed by atoms with E-state index in [0.29, 0.717) is 12.5 Å². The highest BCUT2D eigenvalue weighted by atomic mass is 16.2. The Morgan fingerprint density at radius 2 is 2.17 bits per heavy atom. The largest absolute Gasteiger partial charge is 0.342 e. The Morgan fingerprint density at radius 3 is 2.83 bits per heavy atom. The predicted molar refractivity (Wildman–Crippen MR) is 73.7 cm³/mol. The zero-order valence-corrected chi connectivity index (χ0v) is 11.4. The molecule has 1 aliphatic carbocycles. The summed E-state index contributed by atoms with van der Waals surface area (Å²) in [5.74, 6) is 0.746. The topological polar surface area (TPSA) is 32.3 Å². The van der Waals surface area contributed by atoms with Gasteiger partial charge in [-0.2, -0.15) is 0 Å². The van der Waals surface area contributed by atoms with Crippen LogP contribution in [0.15, 0.2) is 24.3 Å². The number of benzene rings is 1. The first-order chi connectivity index (χ1) is 8.59. The summed E-state index contributed by atoms with van der Waals surface area (Å²) in [6, 6.07) is 8.81. The summed E-state index contributed by atoms with van der Waals surface area (Å²) in [6.07, 6.45) is 1.14. The number of hydrogen-bond acceptors (Lipinski definition) is 2. The molecule has 0 aromatic heterocycles. The minimum absolute atomic E-state index is 0.164. The lowest BCUT2D eigenvalue weighted by molar-refractivity contribution is -0.130. The van der Waals surface area contributed by atoms with Gasteiger partial charge in [0.1, 0.15) is 0 Å². The monoisotopic (exact) mass is 246 g/mol. The van der Waals surface area contributed by atoms with Crippen molar-refractivity contribution in [3.63, 3.8) is 0 Å².